The summed E-state index contributed by atoms with van der Waals surface area (Å²) in [5.74, 6) is -9.75. The molecule has 0 aliphatic carbocycles. The number of methoxy groups -OCH3 is 1. The number of phenols is 1. The zero-order valence-electron chi connectivity index (χ0n) is 51.1. The number of nitrogens with zero attached hydrogens (tertiary/aromatic N) is 3. The van der Waals surface area contributed by atoms with Crippen molar-refractivity contribution in [1.82, 2.24) is 42.1 Å². The molecule has 11 amide bonds. The Labute approximate surface area is 531 Å². The topological polar surface area (TPSA) is 512 Å². The fourth-order valence-electron chi connectivity index (χ4n) is 10.0. The molecule has 1 saturated heterocycles. The smallest absolute Gasteiger partial charge is 0.245 e. The average molecular weight is 1270 g/mol. The highest BCUT2D eigenvalue weighted by atomic mass is 16.5. The standard InChI is InChI=1S/C62H83N17O13/c1-92-41-24-20-39(21-25-41)33-46(72-52(83)34-37-13-6-3-7-14-37)56(87)77-47(32-36-11-4-2-5-12-36)57(88)73-43(26-27-50(63)81)55(86)78-48(35-51(64)82)58(89)75-44(16-9-29-71-62(68)69)60(91)79-30-10-17-49(79)59(90)74-42(15-8-28-70-61(66)67)54(85)76-45(53(65)84)31-38-18-22-40(80)23-19-38/h2-7,11-14,18-25,42-49,80H,8-10,15-17,26-35H2,1H3,(H2,63,81)(H2,64,82)(H2,65,84)(H,72,83)(H,73,88)(H,74,90)(H,75,89)(H,76,85)(H,77,87)(H,78,86)(H4,66,67,70)(H4,68,69,71)/t42?,43?,44?,45?,46?,47?,48?,49-/m0/s1. The third-order valence-electron chi connectivity index (χ3n) is 14.7. The van der Waals surface area contributed by atoms with Gasteiger partial charge in [0.05, 0.1) is 20.0 Å². The number of amides is 11. The molecule has 4 aromatic rings. The molecule has 7 unspecified atom stereocenters. The number of nitrogens with two attached hydrogens (primary N) is 7. The van der Waals surface area contributed by atoms with Gasteiger partial charge in [0.1, 0.15) is 59.8 Å². The number of ether oxygens (including phenoxy) is 1. The maximum Gasteiger partial charge on any atom is 0.245 e. The number of carbonyl (C=O) groups excluding carboxylic acids is 11. The van der Waals surface area contributed by atoms with Gasteiger partial charge < -0.3 is 92.1 Å². The number of hydrogen-bond donors (Lipinski definition) is 15. The predicted octanol–water partition coefficient (Wildman–Crippen LogP) is -3.21. The van der Waals surface area contributed by atoms with Gasteiger partial charge in [-0.1, -0.05) is 84.9 Å². The molecule has 494 valence electrons. The second-order valence-electron chi connectivity index (χ2n) is 21.9. The Morgan fingerprint density at radius 1 is 0.511 bits per heavy atom. The van der Waals surface area contributed by atoms with Crippen LogP contribution in [0.25, 0.3) is 0 Å². The molecule has 1 heterocycles. The molecule has 22 N–H and O–H groups in total. The van der Waals surface area contributed by atoms with E-state index in [4.69, 9.17) is 44.9 Å². The van der Waals surface area contributed by atoms with Gasteiger partial charge in [0, 0.05) is 45.3 Å². The number of primary amides is 3. The van der Waals surface area contributed by atoms with E-state index in [0.29, 0.717) is 28.0 Å². The summed E-state index contributed by atoms with van der Waals surface area (Å²) in [4.78, 5) is 161. The number of likely N-dealkylation sites (tertiary alicyclic amines) is 1. The number of aliphatic imine (C=N–C) groups is 2. The number of phenolic OH excluding ortho intramolecular Hbond substituents is 1. The zero-order valence-corrected chi connectivity index (χ0v) is 51.1. The summed E-state index contributed by atoms with van der Waals surface area (Å²) in [6, 6.07) is 18.4. The van der Waals surface area contributed by atoms with Crippen molar-refractivity contribution in [3.05, 3.63) is 131 Å². The minimum atomic E-state index is -1.85. The third-order valence-corrected chi connectivity index (χ3v) is 14.7. The predicted molar refractivity (Wildman–Crippen MR) is 338 cm³/mol. The quantitative estimate of drug-likeness (QED) is 0.0120. The lowest BCUT2D eigenvalue weighted by molar-refractivity contribution is -0.143. The Kier molecular flexibility index (Phi) is 28.6. The van der Waals surface area contributed by atoms with E-state index in [-0.39, 0.29) is 102 Å². The van der Waals surface area contributed by atoms with E-state index >= 15 is 0 Å². The van der Waals surface area contributed by atoms with Crippen molar-refractivity contribution < 1.29 is 62.6 Å². The maximum atomic E-state index is 14.8. The van der Waals surface area contributed by atoms with Crippen molar-refractivity contribution in [1.29, 1.82) is 0 Å². The van der Waals surface area contributed by atoms with Crippen LogP contribution in [0.5, 0.6) is 11.5 Å². The molecule has 1 aliphatic heterocycles. The van der Waals surface area contributed by atoms with Gasteiger partial charge in [-0.05, 0) is 91.5 Å². The molecule has 0 bridgehead atoms. The van der Waals surface area contributed by atoms with Gasteiger partial charge in [0.25, 0.3) is 0 Å². The number of carbonyl (C=O) groups is 11. The van der Waals surface area contributed by atoms with Crippen LogP contribution >= 0.6 is 0 Å². The molecule has 4 aromatic carbocycles. The number of rotatable bonds is 37. The minimum absolute atomic E-state index is 0.0183. The molecular formula is C62H83N17O13. The molecule has 92 heavy (non-hydrogen) atoms. The van der Waals surface area contributed by atoms with Crippen LogP contribution in [0.4, 0.5) is 0 Å². The second-order valence-corrected chi connectivity index (χ2v) is 21.9. The highest BCUT2D eigenvalue weighted by Crippen LogP contribution is 2.22. The van der Waals surface area contributed by atoms with Crippen LogP contribution in [0.15, 0.2) is 119 Å². The van der Waals surface area contributed by atoms with Gasteiger partial charge in [-0.3, -0.25) is 62.7 Å². The summed E-state index contributed by atoms with van der Waals surface area (Å²) in [6.07, 6.45) is -1.82. The van der Waals surface area contributed by atoms with Crippen molar-refractivity contribution in [3.63, 3.8) is 0 Å². The van der Waals surface area contributed by atoms with Crippen molar-refractivity contribution in [2.45, 2.75) is 132 Å². The molecular weight excluding hydrogens is 1190 g/mol. The van der Waals surface area contributed by atoms with Crippen LogP contribution in [0.1, 0.15) is 80.0 Å². The average Bonchev–Trinajstić information content (AvgIpc) is 1.78. The Bertz CT molecular complexity index is 3240. The van der Waals surface area contributed by atoms with Crippen molar-refractivity contribution in [3.8, 4) is 11.5 Å². The molecule has 0 radical (unpaired) electrons. The largest absolute Gasteiger partial charge is 0.508 e. The molecule has 30 heteroatoms. The van der Waals surface area contributed by atoms with E-state index in [0.717, 1.165) is 0 Å². The van der Waals surface area contributed by atoms with E-state index in [2.05, 4.69) is 47.2 Å². The summed E-state index contributed by atoms with van der Waals surface area (Å²) >= 11 is 0. The lowest BCUT2D eigenvalue weighted by Gasteiger charge is -2.31. The summed E-state index contributed by atoms with van der Waals surface area (Å²) < 4.78 is 5.29. The maximum absolute atomic E-state index is 14.8. The number of hydrogen-bond acceptors (Lipinski definition) is 15. The van der Waals surface area contributed by atoms with E-state index in [1.807, 2.05) is 0 Å². The van der Waals surface area contributed by atoms with Crippen LogP contribution in [-0.2, 0) is 78.4 Å². The van der Waals surface area contributed by atoms with Crippen LogP contribution in [-0.4, -0.2) is 162 Å². The van der Waals surface area contributed by atoms with Crippen LogP contribution in [0, 0.1) is 0 Å². The van der Waals surface area contributed by atoms with Gasteiger partial charge >= 0.3 is 0 Å². The second kappa shape index (κ2) is 36.6. The first-order valence-electron chi connectivity index (χ1n) is 29.8. The first-order chi connectivity index (χ1) is 43.9. The van der Waals surface area contributed by atoms with Crippen molar-refractivity contribution >= 4 is 76.9 Å². The van der Waals surface area contributed by atoms with Gasteiger partial charge in [-0.25, -0.2) is 0 Å². The van der Waals surface area contributed by atoms with E-state index < -0.39 is 133 Å². The highest BCUT2D eigenvalue weighted by Gasteiger charge is 2.41. The van der Waals surface area contributed by atoms with Crippen LogP contribution in [0.3, 0.4) is 0 Å². The lowest BCUT2D eigenvalue weighted by atomic mass is 10.0. The zero-order chi connectivity index (χ0) is 67.3. The normalized spacial score (nSPS) is 14.8. The molecule has 1 aliphatic rings. The fraction of sp³-hybridized carbons (Fsp3) is 0.403. The molecule has 8 atom stereocenters. The lowest BCUT2D eigenvalue weighted by Crippen LogP contribution is -2.61. The third kappa shape index (κ3) is 24.6. The first kappa shape index (κ1) is 71.9. The van der Waals surface area contributed by atoms with Crippen LogP contribution < -0.4 is 82.1 Å². The highest BCUT2D eigenvalue weighted by molar-refractivity contribution is 5.99. The van der Waals surface area contributed by atoms with E-state index in [1.54, 1.807) is 84.9 Å². The van der Waals surface area contributed by atoms with E-state index in [9.17, 15) is 57.8 Å². The molecule has 1 fully saturated rings. The summed E-state index contributed by atoms with van der Waals surface area (Å²) in [6.45, 7) is -0.0104. The summed E-state index contributed by atoms with van der Waals surface area (Å²) in [5, 5.41) is 28.1. The van der Waals surface area contributed by atoms with Crippen molar-refractivity contribution in [2.24, 2.45) is 50.1 Å². The Morgan fingerprint density at radius 3 is 1.49 bits per heavy atom. The van der Waals surface area contributed by atoms with Gasteiger partial charge in [0.15, 0.2) is 11.9 Å². The molecule has 5 rings (SSSR count). The SMILES string of the molecule is COc1ccc(CC(NC(=O)Cc2ccccc2)C(=O)NC(Cc2ccccc2)C(=O)NC(CCC(N)=O)C(=O)NC(CC(N)=O)C(=O)NC(CCCN=C(N)N)C(=O)N2CCC[C@H]2C(=O)NC(CCCN=C(N)N)C(=O)NC(Cc2ccc(O)cc2)C(N)=O)cc1. The van der Waals surface area contributed by atoms with Gasteiger partial charge in [-0.15, -0.1) is 0 Å². The molecule has 0 spiro atoms. The van der Waals surface area contributed by atoms with E-state index in [1.165, 1.54) is 36.3 Å². The Hall–Kier alpha value is -10.8. The number of benzene rings is 4. The van der Waals surface area contributed by atoms with Crippen LogP contribution in [0.2, 0.25) is 0 Å². The Morgan fingerprint density at radius 2 is 0.957 bits per heavy atom. The monoisotopic (exact) mass is 1270 g/mol. The molecule has 0 saturated carbocycles. The first-order valence-corrected chi connectivity index (χ1v) is 29.8. The molecule has 30 nitrogen and oxygen atoms in total. The summed E-state index contributed by atoms with van der Waals surface area (Å²) in [7, 11) is 1.49. The minimum Gasteiger partial charge on any atom is -0.508 e. The van der Waals surface area contributed by atoms with Crippen molar-refractivity contribution in [2.75, 3.05) is 26.7 Å². The number of guanidine groups is 2. The van der Waals surface area contributed by atoms with Gasteiger partial charge in [0.2, 0.25) is 65.0 Å². The van der Waals surface area contributed by atoms with Gasteiger partial charge in [-0.2, -0.15) is 0 Å². The number of aromatic hydroxyl groups is 1. The fourth-order valence-corrected chi connectivity index (χ4v) is 10.0. The Balaban J connectivity index is 1.39. The number of nitrogens with one attached hydrogen (secondary N) is 7. The summed E-state index contributed by atoms with van der Waals surface area (Å²) in [5.41, 5.74) is 41.4. The molecule has 0 aromatic heterocycles.